The predicted octanol–water partition coefficient (Wildman–Crippen LogP) is 4.48. The Kier molecular flexibility index (Phi) is 11.2. The van der Waals surface area contributed by atoms with E-state index in [-0.39, 0.29) is 0 Å². The van der Waals surface area contributed by atoms with Gasteiger partial charge in [-0.2, -0.15) is 0 Å². The van der Waals surface area contributed by atoms with Crippen LogP contribution in [0.3, 0.4) is 0 Å². The van der Waals surface area contributed by atoms with Gasteiger partial charge in [0, 0.05) is 6.42 Å². The second-order valence-electron chi connectivity index (χ2n) is 3.49. The zero-order valence-corrected chi connectivity index (χ0v) is 9.17. The Bertz CT molecular complexity index is 181. The highest BCUT2D eigenvalue weighted by molar-refractivity contribution is 4.90. The molecule has 0 saturated heterocycles. The van der Waals surface area contributed by atoms with Crippen molar-refractivity contribution in [2.75, 3.05) is 0 Å². The fraction of sp³-hybridized carbons (Fsp3) is 0.571. The summed E-state index contributed by atoms with van der Waals surface area (Å²) in [5, 5.41) is 0. The van der Waals surface area contributed by atoms with Gasteiger partial charge in [-0.3, -0.25) is 0 Å². The summed E-state index contributed by atoms with van der Waals surface area (Å²) in [6.45, 7) is 3.71. The van der Waals surface area contributed by atoms with Gasteiger partial charge in [0.05, 0.1) is 0 Å². The van der Waals surface area contributed by atoms with Crippen LogP contribution in [0.25, 0.3) is 0 Å². The molecule has 0 aromatic rings. The maximum Gasteiger partial charge on any atom is 0.0121 e. The summed E-state index contributed by atoms with van der Waals surface area (Å²) in [7, 11) is 0. The molecule has 0 rings (SSSR count). The van der Waals surface area contributed by atoms with Crippen molar-refractivity contribution in [2.45, 2.75) is 51.4 Å². The molecule has 0 unspecified atom stereocenters. The number of terminal acetylenes is 1. The highest BCUT2D eigenvalue weighted by atomic mass is 13.9. The Morgan fingerprint density at radius 1 is 0.929 bits per heavy atom. The van der Waals surface area contributed by atoms with Crippen molar-refractivity contribution in [1.29, 1.82) is 0 Å². The third-order valence-corrected chi connectivity index (χ3v) is 2.15. The Morgan fingerprint density at radius 3 is 2.21 bits per heavy atom. The molecular formula is C14H22. The lowest BCUT2D eigenvalue weighted by Gasteiger charge is -1.96. The molecule has 0 spiro atoms. The van der Waals surface area contributed by atoms with Crippen LogP contribution in [0.2, 0.25) is 0 Å². The lowest BCUT2D eigenvalue weighted by molar-refractivity contribution is 0.652. The molecule has 0 aromatic heterocycles. The first-order valence-corrected chi connectivity index (χ1v) is 5.61. The van der Waals surface area contributed by atoms with E-state index in [0.29, 0.717) is 0 Å². The first-order chi connectivity index (χ1) is 6.91. The molecule has 0 bridgehead atoms. The molecule has 0 aliphatic carbocycles. The molecular weight excluding hydrogens is 168 g/mol. The molecule has 14 heavy (non-hydrogen) atoms. The second kappa shape index (κ2) is 12.0. The Labute approximate surface area is 89.1 Å². The lowest BCUT2D eigenvalue weighted by atomic mass is 10.1. The summed E-state index contributed by atoms with van der Waals surface area (Å²) >= 11 is 0. The predicted molar refractivity (Wildman–Crippen MR) is 65.1 cm³/mol. The first kappa shape index (κ1) is 13.0. The van der Waals surface area contributed by atoms with E-state index in [1.54, 1.807) is 0 Å². The summed E-state index contributed by atoms with van der Waals surface area (Å²) in [6.07, 6.45) is 21.2. The Morgan fingerprint density at radius 2 is 1.57 bits per heavy atom. The number of allylic oxidation sites excluding steroid dienone is 3. The largest absolute Gasteiger partial charge is 0.120 e. The van der Waals surface area contributed by atoms with Gasteiger partial charge in [-0.1, -0.05) is 31.1 Å². The molecule has 0 heterocycles. The van der Waals surface area contributed by atoms with Gasteiger partial charge in [0.25, 0.3) is 0 Å². The van der Waals surface area contributed by atoms with E-state index in [4.69, 9.17) is 6.42 Å². The topological polar surface area (TPSA) is 0 Å². The van der Waals surface area contributed by atoms with E-state index in [1.807, 2.05) is 6.08 Å². The zero-order chi connectivity index (χ0) is 10.5. The third-order valence-electron chi connectivity index (χ3n) is 2.15. The summed E-state index contributed by atoms with van der Waals surface area (Å²) in [6, 6.07) is 0. The van der Waals surface area contributed by atoms with Crippen molar-refractivity contribution in [2.24, 2.45) is 0 Å². The van der Waals surface area contributed by atoms with Crippen LogP contribution < -0.4 is 0 Å². The van der Waals surface area contributed by atoms with Crippen molar-refractivity contribution in [1.82, 2.24) is 0 Å². The normalized spacial score (nSPS) is 10.2. The maximum absolute atomic E-state index is 5.15. The summed E-state index contributed by atoms with van der Waals surface area (Å²) in [5.74, 6) is 2.63. The van der Waals surface area contributed by atoms with E-state index < -0.39 is 0 Å². The SMILES string of the molecule is C#CCC/C=C/CCCCCCC=C. The van der Waals surface area contributed by atoms with Gasteiger partial charge in [-0.05, 0) is 32.1 Å². The first-order valence-electron chi connectivity index (χ1n) is 5.61. The van der Waals surface area contributed by atoms with E-state index in [1.165, 1.54) is 32.1 Å². The molecule has 0 heteroatoms. The fourth-order valence-corrected chi connectivity index (χ4v) is 1.31. The quantitative estimate of drug-likeness (QED) is 0.285. The van der Waals surface area contributed by atoms with Gasteiger partial charge in [0.2, 0.25) is 0 Å². The number of hydrogen-bond acceptors (Lipinski definition) is 0. The van der Waals surface area contributed by atoms with Crippen molar-refractivity contribution in [3.8, 4) is 12.3 Å². The van der Waals surface area contributed by atoms with Crippen LogP contribution in [0, 0.1) is 12.3 Å². The van der Waals surface area contributed by atoms with E-state index in [2.05, 4.69) is 24.7 Å². The molecule has 0 aliphatic rings. The van der Waals surface area contributed by atoms with Crippen LogP contribution in [0.1, 0.15) is 51.4 Å². The van der Waals surface area contributed by atoms with Crippen molar-refractivity contribution >= 4 is 0 Å². The van der Waals surface area contributed by atoms with E-state index in [9.17, 15) is 0 Å². The van der Waals surface area contributed by atoms with Crippen molar-refractivity contribution in [3.05, 3.63) is 24.8 Å². The average molecular weight is 190 g/mol. The van der Waals surface area contributed by atoms with E-state index >= 15 is 0 Å². The summed E-state index contributed by atoms with van der Waals surface area (Å²) in [4.78, 5) is 0. The van der Waals surface area contributed by atoms with Crippen molar-refractivity contribution in [3.63, 3.8) is 0 Å². The van der Waals surface area contributed by atoms with Crippen LogP contribution in [0.15, 0.2) is 24.8 Å². The third kappa shape index (κ3) is 11.0. The molecule has 0 atom stereocenters. The van der Waals surface area contributed by atoms with Gasteiger partial charge in [-0.15, -0.1) is 18.9 Å². The number of rotatable bonds is 9. The average Bonchev–Trinajstić information content (AvgIpc) is 2.21. The molecule has 0 nitrogen and oxygen atoms in total. The van der Waals surface area contributed by atoms with Gasteiger partial charge in [0.1, 0.15) is 0 Å². The second-order valence-corrected chi connectivity index (χ2v) is 3.49. The molecule has 0 aliphatic heterocycles. The molecule has 0 radical (unpaired) electrons. The Hall–Kier alpha value is -0.960. The molecule has 0 aromatic carbocycles. The van der Waals surface area contributed by atoms with Crippen LogP contribution in [-0.4, -0.2) is 0 Å². The summed E-state index contributed by atoms with van der Waals surface area (Å²) < 4.78 is 0. The number of hydrogen-bond donors (Lipinski definition) is 0. The molecule has 0 saturated carbocycles. The monoisotopic (exact) mass is 190 g/mol. The molecule has 0 N–H and O–H groups in total. The summed E-state index contributed by atoms with van der Waals surface area (Å²) in [5.41, 5.74) is 0. The van der Waals surface area contributed by atoms with Crippen LogP contribution in [0.5, 0.6) is 0 Å². The molecule has 78 valence electrons. The van der Waals surface area contributed by atoms with Gasteiger partial charge in [-0.25, -0.2) is 0 Å². The molecule has 0 fully saturated rings. The fourth-order valence-electron chi connectivity index (χ4n) is 1.31. The van der Waals surface area contributed by atoms with E-state index in [0.717, 1.165) is 19.3 Å². The Balaban J connectivity index is 3.02. The smallest absolute Gasteiger partial charge is 0.0121 e. The van der Waals surface area contributed by atoms with Gasteiger partial charge in [0.15, 0.2) is 0 Å². The minimum absolute atomic E-state index is 0.871. The van der Waals surface area contributed by atoms with Gasteiger partial charge >= 0.3 is 0 Å². The van der Waals surface area contributed by atoms with Crippen LogP contribution in [0.4, 0.5) is 0 Å². The minimum Gasteiger partial charge on any atom is -0.120 e. The van der Waals surface area contributed by atoms with Crippen LogP contribution >= 0.6 is 0 Å². The highest BCUT2D eigenvalue weighted by Crippen LogP contribution is 2.06. The zero-order valence-electron chi connectivity index (χ0n) is 9.17. The maximum atomic E-state index is 5.15. The number of unbranched alkanes of at least 4 members (excludes halogenated alkanes) is 6. The van der Waals surface area contributed by atoms with Crippen LogP contribution in [-0.2, 0) is 0 Å². The highest BCUT2D eigenvalue weighted by Gasteiger charge is 1.86. The van der Waals surface area contributed by atoms with Gasteiger partial charge < -0.3 is 0 Å². The molecule has 0 amide bonds. The minimum atomic E-state index is 0.871. The standard InChI is InChI=1S/C14H22/c1-3-5-7-9-11-13-14-12-10-8-6-4-2/h1,4,9,11H,2,5-8,10,12-14H2/b11-9+. The van der Waals surface area contributed by atoms with Crippen molar-refractivity contribution < 1.29 is 0 Å². The lowest BCUT2D eigenvalue weighted by Crippen LogP contribution is -1.76.